The number of rotatable bonds is 6. The Morgan fingerprint density at radius 2 is 2.04 bits per heavy atom. The van der Waals surface area contributed by atoms with E-state index >= 15 is 0 Å². The Balaban J connectivity index is 1.26. The number of nitrogens with one attached hydrogen (secondary N) is 1. The summed E-state index contributed by atoms with van der Waals surface area (Å²) in [6.07, 6.45) is 6.50. The lowest BCUT2D eigenvalue weighted by molar-refractivity contribution is 0.206. The van der Waals surface area contributed by atoms with Gasteiger partial charge in [0.25, 0.3) is 0 Å². The molecule has 1 atom stereocenters. The fraction of sp³-hybridized carbons (Fsp3) is 0.524. The van der Waals surface area contributed by atoms with Crippen LogP contribution in [0.3, 0.4) is 0 Å². The maximum Gasteiger partial charge on any atom is 0.317 e. The third-order valence-corrected chi connectivity index (χ3v) is 5.58. The predicted octanol–water partition coefficient (Wildman–Crippen LogP) is 3.34. The monoisotopic (exact) mass is 352 g/mol. The smallest absolute Gasteiger partial charge is 0.317 e. The lowest BCUT2D eigenvalue weighted by Gasteiger charge is -2.18. The maximum absolute atomic E-state index is 12.4. The second-order valence-corrected chi connectivity index (χ2v) is 7.71. The van der Waals surface area contributed by atoms with Crippen molar-refractivity contribution >= 4 is 6.03 Å². The van der Waals surface area contributed by atoms with Crippen LogP contribution in [0.15, 0.2) is 36.5 Å². The summed E-state index contributed by atoms with van der Waals surface area (Å²) >= 11 is 0. The summed E-state index contributed by atoms with van der Waals surface area (Å²) in [4.78, 5) is 19.0. The summed E-state index contributed by atoms with van der Waals surface area (Å²) < 4.78 is 2.39. The van der Waals surface area contributed by atoms with E-state index in [1.54, 1.807) is 0 Å². The molecule has 5 nitrogen and oxygen atoms in total. The standard InChI is InChI=1S/C21H28N4O/c1-16-13-23-20(19-7-8-19)25(16)15-18-10-12-24(14-18)21(26)22-11-9-17-5-3-2-4-6-17/h2-6,13,18-19H,7-12,14-15H2,1H3,(H,22,26). The van der Waals surface area contributed by atoms with Crippen LogP contribution < -0.4 is 5.32 Å². The highest BCUT2D eigenvalue weighted by Crippen LogP contribution is 2.40. The van der Waals surface area contributed by atoms with Crippen LogP contribution in [0.5, 0.6) is 0 Å². The number of aromatic nitrogens is 2. The van der Waals surface area contributed by atoms with Gasteiger partial charge in [-0.05, 0) is 44.1 Å². The van der Waals surface area contributed by atoms with Crippen LogP contribution in [0.1, 0.15) is 42.3 Å². The van der Waals surface area contributed by atoms with Gasteiger partial charge in [-0.2, -0.15) is 0 Å². The minimum absolute atomic E-state index is 0.0770. The number of amides is 2. The van der Waals surface area contributed by atoms with Crippen molar-refractivity contribution in [1.82, 2.24) is 19.8 Å². The molecule has 26 heavy (non-hydrogen) atoms. The van der Waals surface area contributed by atoms with Crippen molar-refractivity contribution in [2.24, 2.45) is 5.92 Å². The minimum atomic E-state index is 0.0770. The molecule has 1 aliphatic carbocycles. The fourth-order valence-electron chi connectivity index (χ4n) is 3.88. The molecule has 5 heteroatoms. The quantitative estimate of drug-likeness (QED) is 0.867. The predicted molar refractivity (Wildman–Crippen MR) is 102 cm³/mol. The van der Waals surface area contributed by atoms with E-state index in [1.165, 1.54) is 29.9 Å². The zero-order valence-electron chi connectivity index (χ0n) is 15.5. The first-order chi connectivity index (χ1) is 12.7. The minimum Gasteiger partial charge on any atom is -0.338 e. The first-order valence-electron chi connectivity index (χ1n) is 9.79. The third kappa shape index (κ3) is 3.92. The van der Waals surface area contributed by atoms with E-state index in [0.717, 1.165) is 32.5 Å². The average molecular weight is 352 g/mol. The van der Waals surface area contributed by atoms with E-state index in [4.69, 9.17) is 0 Å². The SMILES string of the molecule is Cc1cnc(C2CC2)n1CC1CCN(C(=O)NCCc2ccccc2)C1. The van der Waals surface area contributed by atoms with E-state index < -0.39 is 0 Å². The number of aryl methyl sites for hydroxylation is 1. The summed E-state index contributed by atoms with van der Waals surface area (Å²) in [5, 5.41) is 3.07. The van der Waals surface area contributed by atoms with Gasteiger partial charge in [0, 0.05) is 44.0 Å². The number of nitrogens with zero attached hydrogens (tertiary/aromatic N) is 3. The van der Waals surface area contributed by atoms with Crippen molar-refractivity contribution < 1.29 is 4.79 Å². The summed E-state index contributed by atoms with van der Waals surface area (Å²) in [7, 11) is 0. The molecular formula is C21H28N4O. The molecule has 2 aromatic rings. The number of imidazole rings is 1. The molecule has 1 aromatic carbocycles. The Bertz CT molecular complexity index is 751. The van der Waals surface area contributed by atoms with E-state index in [0.29, 0.717) is 18.4 Å². The number of carbonyl (C=O) groups excluding carboxylic acids is 1. The summed E-state index contributed by atoms with van der Waals surface area (Å²) in [6.45, 7) is 5.52. The molecule has 2 amide bonds. The Morgan fingerprint density at radius 3 is 2.81 bits per heavy atom. The van der Waals surface area contributed by atoms with Crippen molar-refractivity contribution in [2.45, 2.75) is 45.1 Å². The largest absolute Gasteiger partial charge is 0.338 e. The van der Waals surface area contributed by atoms with E-state index in [9.17, 15) is 4.79 Å². The fourth-order valence-corrected chi connectivity index (χ4v) is 3.88. The highest BCUT2D eigenvalue weighted by atomic mass is 16.2. The molecule has 1 N–H and O–H groups in total. The third-order valence-electron chi connectivity index (χ3n) is 5.58. The molecule has 138 valence electrons. The molecule has 1 aliphatic heterocycles. The van der Waals surface area contributed by atoms with Crippen LogP contribution >= 0.6 is 0 Å². The number of likely N-dealkylation sites (tertiary alicyclic amines) is 1. The van der Waals surface area contributed by atoms with Crippen molar-refractivity contribution in [1.29, 1.82) is 0 Å². The molecule has 1 saturated carbocycles. The second-order valence-electron chi connectivity index (χ2n) is 7.71. The zero-order chi connectivity index (χ0) is 17.9. The van der Waals surface area contributed by atoms with Crippen LogP contribution in [0.2, 0.25) is 0 Å². The van der Waals surface area contributed by atoms with Crippen molar-refractivity contribution in [2.75, 3.05) is 19.6 Å². The van der Waals surface area contributed by atoms with Gasteiger partial charge in [-0.1, -0.05) is 30.3 Å². The average Bonchev–Trinajstić information content (AvgIpc) is 3.28. The first kappa shape index (κ1) is 17.1. The normalized spacial score (nSPS) is 19.7. The summed E-state index contributed by atoms with van der Waals surface area (Å²) in [5.74, 6) is 2.45. The van der Waals surface area contributed by atoms with E-state index in [2.05, 4.69) is 33.9 Å². The number of hydrogen-bond acceptors (Lipinski definition) is 2. The highest BCUT2D eigenvalue weighted by Gasteiger charge is 2.31. The van der Waals surface area contributed by atoms with E-state index in [1.807, 2.05) is 29.3 Å². The van der Waals surface area contributed by atoms with Gasteiger partial charge in [0.15, 0.2) is 0 Å². The summed E-state index contributed by atoms with van der Waals surface area (Å²) in [5.41, 5.74) is 2.51. The Labute approximate surface area is 155 Å². The van der Waals surface area contributed by atoms with Gasteiger partial charge in [-0.15, -0.1) is 0 Å². The van der Waals surface area contributed by atoms with Gasteiger partial charge in [0.1, 0.15) is 5.82 Å². The lowest BCUT2D eigenvalue weighted by Crippen LogP contribution is -2.39. The highest BCUT2D eigenvalue weighted by molar-refractivity contribution is 5.74. The topological polar surface area (TPSA) is 50.2 Å². The van der Waals surface area contributed by atoms with Crippen molar-refractivity contribution in [3.8, 4) is 0 Å². The van der Waals surface area contributed by atoms with Gasteiger partial charge in [-0.3, -0.25) is 0 Å². The molecule has 2 heterocycles. The van der Waals surface area contributed by atoms with Crippen LogP contribution in [0.25, 0.3) is 0 Å². The molecule has 2 aliphatic rings. The van der Waals surface area contributed by atoms with Gasteiger partial charge in [0.05, 0.1) is 0 Å². The van der Waals surface area contributed by atoms with Gasteiger partial charge in [-0.25, -0.2) is 9.78 Å². The molecule has 1 saturated heterocycles. The molecule has 0 bridgehead atoms. The molecule has 1 unspecified atom stereocenters. The molecule has 0 spiro atoms. The Morgan fingerprint density at radius 1 is 1.23 bits per heavy atom. The van der Waals surface area contributed by atoms with Gasteiger partial charge < -0.3 is 14.8 Å². The molecule has 0 radical (unpaired) electrons. The second kappa shape index (κ2) is 7.52. The van der Waals surface area contributed by atoms with E-state index in [-0.39, 0.29) is 6.03 Å². The molecule has 2 fully saturated rings. The van der Waals surface area contributed by atoms with Crippen LogP contribution in [-0.2, 0) is 13.0 Å². The molecule has 1 aromatic heterocycles. The first-order valence-corrected chi connectivity index (χ1v) is 9.79. The molecule has 4 rings (SSSR count). The van der Waals surface area contributed by atoms with Gasteiger partial charge >= 0.3 is 6.03 Å². The van der Waals surface area contributed by atoms with Crippen LogP contribution in [0, 0.1) is 12.8 Å². The summed E-state index contributed by atoms with van der Waals surface area (Å²) in [6, 6.07) is 10.4. The lowest BCUT2D eigenvalue weighted by atomic mass is 10.1. The number of benzene rings is 1. The van der Waals surface area contributed by atoms with Crippen LogP contribution in [-0.4, -0.2) is 40.1 Å². The molecular weight excluding hydrogens is 324 g/mol. The Hall–Kier alpha value is -2.30. The van der Waals surface area contributed by atoms with Gasteiger partial charge in [0.2, 0.25) is 0 Å². The number of carbonyl (C=O) groups is 1. The van der Waals surface area contributed by atoms with Crippen molar-refractivity contribution in [3.05, 3.63) is 53.6 Å². The van der Waals surface area contributed by atoms with Crippen LogP contribution in [0.4, 0.5) is 4.79 Å². The number of urea groups is 1. The zero-order valence-corrected chi connectivity index (χ0v) is 15.5. The Kier molecular flexibility index (Phi) is 4.96. The van der Waals surface area contributed by atoms with Crippen molar-refractivity contribution in [3.63, 3.8) is 0 Å². The maximum atomic E-state index is 12.4. The number of hydrogen-bond donors (Lipinski definition) is 1.